The molecule has 26 heavy (non-hydrogen) atoms. The lowest BCUT2D eigenvalue weighted by molar-refractivity contribution is -0.139. The van der Waals surface area contributed by atoms with E-state index >= 15 is 0 Å². The third kappa shape index (κ3) is 5.42. The van der Waals surface area contributed by atoms with E-state index in [0.29, 0.717) is 13.1 Å². The zero-order valence-electron chi connectivity index (χ0n) is 15.6. The zero-order valence-corrected chi connectivity index (χ0v) is 15.6. The van der Waals surface area contributed by atoms with Gasteiger partial charge in [-0.05, 0) is 37.1 Å². The molecule has 1 aliphatic carbocycles. The number of carboxylic acids is 1. The number of halogens is 1. The van der Waals surface area contributed by atoms with Crippen LogP contribution in [0, 0.1) is 5.82 Å². The maximum atomic E-state index is 13.0. The second-order valence-electron chi connectivity index (χ2n) is 7.50. The highest BCUT2D eigenvalue weighted by molar-refractivity contribution is 5.74. The first kappa shape index (κ1) is 20.2. The Hall–Kier alpha value is -2.15. The van der Waals surface area contributed by atoms with Crippen molar-refractivity contribution in [3.8, 4) is 0 Å². The van der Waals surface area contributed by atoms with E-state index in [2.05, 4.69) is 10.6 Å². The summed E-state index contributed by atoms with van der Waals surface area (Å²) in [6.07, 6.45) is 1.52. The quantitative estimate of drug-likeness (QED) is 0.660. The standard InChI is InChI=1S/C19H28FN3O3/c1-4-23(11-17(24)25)16-9-15(10-16)22-18(26)21-12-19(2,3)13-5-7-14(20)8-6-13/h5-8,15-16H,4,9-12H2,1-3H3,(H,24,25)(H2,21,22,26). The van der Waals surface area contributed by atoms with Gasteiger partial charge in [-0.25, -0.2) is 9.18 Å². The topological polar surface area (TPSA) is 81.7 Å². The van der Waals surface area contributed by atoms with Gasteiger partial charge in [-0.3, -0.25) is 9.69 Å². The summed E-state index contributed by atoms with van der Waals surface area (Å²) in [6.45, 7) is 7.07. The monoisotopic (exact) mass is 365 g/mol. The van der Waals surface area contributed by atoms with E-state index in [1.165, 1.54) is 12.1 Å². The Morgan fingerprint density at radius 3 is 2.42 bits per heavy atom. The predicted molar refractivity (Wildman–Crippen MR) is 97.7 cm³/mol. The first-order valence-corrected chi connectivity index (χ1v) is 8.97. The molecule has 0 unspecified atom stereocenters. The Morgan fingerprint density at radius 1 is 1.27 bits per heavy atom. The van der Waals surface area contributed by atoms with Gasteiger partial charge in [0.25, 0.3) is 0 Å². The van der Waals surface area contributed by atoms with E-state index in [0.717, 1.165) is 18.4 Å². The number of likely N-dealkylation sites (N-methyl/N-ethyl adjacent to an activating group) is 1. The minimum absolute atomic E-state index is 0.0337. The lowest BCUT2D eigenvalue weighted by atomic mass is 9.84. The molecular weight excluding hydrogens is 337 g/mol. The van der Waals surface area contributed by atoms with Gasteiger partial charge in [-0.15, -0.1) is 0 Å². The average molecular weight is 365 g/mol. The molecule has 2 rings (SSSR count). The summed E-state index contributed by atoms with van der Waals surface area (Å²) < 4.78 is 13.0. The van der Waals surface area contributed by atoms with Crippen LogP contribution in [-0.2, 0) is 10.2 Å². The molecule has 7 heteroatoms. The summed E-state index contributed by atoms with van der Waals surface area (Å²) in [7, 11) is 0. The number of rotatable bonds is 8. The van der Waals surface area contributed by atoms with Crippen molar-refractivity contribution in [1.82, 2.24) is 15.5 Å². The number of benzene rings is 1. The van der Waals surface area contributed by atoms with Crippen molar-refractivity contribution < 1.29 is 19.1 Å². The molecule has 1 saturated carbocycles. The molecule has 1 fully saturated rings. The van der Waals surface area contributed by atoms with Crippen molar-refractivity contribution in [3.63, 3.8) is 0 Å². The lowest BCUT2D eigenvalue weighted by Crippen LogP contribution is -2.56. The zero-order chi connectivity index (χ0) is 19.3. The first-order chi connectivity index (χ1) is 12.2. The number of amides is 2. The van der Waals surface area contributed by atoms with Gasteiger partial charge < -0.3 is 15.7 Å². The average Bonchev–Trinajstić information content (AvgIpc) is 2.54. The van der Waals surface area contributed by atoms with E-state index < -0.39 is 5.97 Å². The minimum atomic E-state index is -0.830. The van der Waals surface area contributed by atoms with E-state index in [1.54, 1.807) is 12.1 Å². The number of urea groups is 1. The normalized spacial score (nSPS) is 19.7. The summed E-state index contributed by atoms with van der Waals surface area (Å²) in [5.41, 5.74) is 0.642. The summed E-state index contributed by atoms with van der Waals surface area (Å²) in [5.74, 6) is -1.11. The van der Waals surface area contributed by atoms with Gasteiger partial charge in [0.2, 0.25) is 0 Å². The van der Waals surface area contributed by atoms with Crippen LogP contribution < -0.4 is 10.6 Å². The van der Waals surface area contributed by atoms with Gasteiger partial charge in [-0.2, -0.15) is 0 Å². The summed E-state index contributed by atoms with van der Waals surface area (Å²) in [6, 6.07) is 6.34. The van der Waals surface area contributed by atoms with Gasteiger partial charge in [0.15, 0.2) is 0 Å². The number of carboxylic acid groups (broad SMARTS) is 1. The molecule has 0 bridgehead atoms. The van der Waals surface area contributed by atoms with E-state index in [4.69, 9.17) is 5.11 Å². The fraction of sp³-hybridized carbons (Fsp3) is 0.579. The molecule has 0 spiro atoms. The smallest absolute Gasteiger partial charge is 0.317 e. The highest BCUT2D eigenvalue weighted by Gasteiger charge is 2.34. The Labute approximate surface area is 153 Å². The molecule has 0 atom stereocenters. The summed E-state index contributed by atoms with van der Waals surface area (Å²) in [4.78, 5) is 24.9. The van der Waals surface area contributed by atoms with Crippen LogP contribution in [0.15, 0.2) is 24.3 Å². The fourth-order valence-corrected chi connectivity index (χ4v) is 3.22. The molecule has 1 aromatic rings. The molecule has 0 radical (unpaired) electrons. The number of carbonyl (C=O) groups is 2. The number of nitrogens with zero attached hydrogens (tertiary/aromatic N) is 1. The van der Waals surface area contributed by atoms with Crippen molar-refractivity contribution >= 4 is 12.0 Å². The molecule has 0 aromatic heterocycles. The highest BCUT2D eigenvalue weighted by atomic mass is 19.1. The Morgan fingerprint density at radius 2 is 1.88 bits per heavy atom. The van der Waals surface area contributed by atoms with Gasteiger partial charge in [-0.1, -0.05) is 32.9 Å². The van der Waals surface area contributed by atoms with Crippen molar-refractivity contribution in [2.24, 2.45) is 0 Å². The maximum Gasteiger partial charge on any atom is 0.317 e. The fourth-order valence-electron chi connectivity index (χ4n) is 3.22. The first-order valence-electron chi connectivity index (χ1n) is 8.97. The van der Waals surface area contributed by atoms with Crippen LogP contribution >= 0.6 is 0 Å². The number of hydrogen-bond acceptors (Lipinski definition) is 3. The Bertz CT molecular complexity index is 627. The van der Waals surface area contributed by atoms with Crippen molar-refractivity contribution in [2.75, 3.05) is 19.6 Å². The van der Waals surface area contributed by atoms with Crippen LogP contribution in [0.3, 0.4) is 0 Å². The highest BCUT2D eigenvalue weighted by Crippen LogP contribution is 2.26. The molecule has 144 valence electrons. The second kappa shape index (κ2) is 8.49. The van der Waals surface area contributed by atoms with Crippen LogP contribution in [0.4, 0.5) is 9.18 Å². The van der Waals surface area contributed by atoms with Crippen LogP contribution in [0.25, 0.3) is 0 Å². The van der Waals surface area contributed by atoms with Gasteiger partial charge in [0.1, 0.15) is 5.82 Å². The number of carbonyl (C=O) groups excluding carboxylic acids is 1. The lowest BCUT2D eigenvalue weighted by Gasteiger charge is -2.42. The van der Waals surface area contributed by atoms with Gasteiger partial charge >= 0.3 is 12.0 Å². The SMILES string of the molecule is CCN(CC(=O)O)C1CC(NC(=O)NCC(C)(C)c2ccc(F)cc2)C1. The van der Waals surface area contributed by atoms with Gasteiger partial charge in [0, 0.05) is 24.0 Å². The van der Waals surface area contributed by atoms with Crippen LogP contribution in [0.5, 0.6) is 0 Å². The summed E-state index contributed by atoms with van der Waals surface area (Å²) >= 11 is 0. The molecule has 0 heterocycles. The molecule has 6 nitrogen and oxygen atoms in total. The molecule has 0 aliphatic heterocycles. The molecule has 1 aliphatic rings. The number of nitrogens with one attached hydrogen (secondary N) is 2. The maximum absolute atomic E-state index is 13.0. The van der Waals surface area contributed by atoms with E-state index in [-0.39, 0.29) is 35.9 Å². The Kier molecular flexibility index (Phi) is 6.58. The van der Waals surface area contributed by atoms with Crippen molar-refractivity contribution in [3.05, 3.63) is 35.6 Å². The molecule has 2 amide bonds. The molecule has 1 aromatic carbocycles. The molecular formula is C19H28FN3O3. The second-order valence-corrected chi connectivity index (χ2v) is 7.50. The van der Waals surface area contributed by atoms with Gasteiger partial charge in [0.05, 0.1) is 6.54 Å². The third-order valence-corrected chi connectivity index (χ3v) is 5.03. The minimum Gasteiger partial charge on any atom is -0.480 e. The van der Waals surface area contributed by atoms with E-state index in [1.807, 2.05) is 25.7 Å². The molecule has 0 saturated heterocycles. The number of aliphatic carboxylic acids is 1. The Balaban J connectivity index is 1.74. The van der Waals surface area contributed by atoms with Crippen molar-refractivity contribution in [1.29, 1.82) is 0 Å². The summed E-state index contributed by atoms with van der Waals surface area (Å²) in [5, 5.41) is 14.7. The van der Waals surface area contributed by atoms with Crippen LogP contribution in [0.2, 0.25) is 0 Å². The van der Waals surface area contributed by atoms with Crippen molar-refractivity contribution in [2.45, 2.75) is 51.1 Å². The van der Waals surface area contributed by atoms with Crippen LogP contribution in [0.1, 0.15) is 39.2 Å². The van der Waals surface area contributed by atoms with Crippen LogP contribution in [-0.4, -0.2) is 53.7 Å². The number of hydrogen-bond donors (Lipinski definition) is 3. The molecule has 3 N–H and O–H groups in total. The third-order valence-electron chi connectivity index (χ3n) is 5.03. The largest absolute Gasteiger partial charge is 0.480 e. The van der Waals surface area contributed by atoms with E-state index in [9.17, 15) is 14.0 Å². The predicted octanol–water partition coefficient (Wildman–Crippen LogP) is 2.34.